The van der Waals surface area contributed by atoms with Crippen LogP contribution >= 0.6 is 0 Å². The third-order valence-electron chi connectivity index (χ3n) is 1.06. The fraction of sp³-hybridized carbons (Fsp3) is 0.750. The van der Waals surface area contributed by atoms with E-state index in [9.17, 15) is 0 Å². The summed E-state index contributed by atoms with van der Waals surface area (Å²) >= 11 is 0. The zero-order valence-corrected chi connectivity index (χ0v) is 6.43. The van der Waals surface area contributed by atoms with Crippen molar-refractivity contribution in [2.24, 2.45) is 0 Å². The van der Waals surface area contributed by atoms with E-state index in [1.165, 1.54) is 0 Å². The van der Waals surface area contributed by atoms with Crippen LogP contribution in [0.25, 0.3) is 0 Å². The number of rotatable bonds is 6. The molecule has 0 aliphatic carbocycles. The van der Waals surface area contributed by atoms with E-state index in [4.69, 9.17) is 11.2 Å². The standard InChI is InChI=1S/C8H14O2/c1-3-4-5-6-7-10-8-9-2/h1H,4-8H2,2H3. The van der Waals surface area contributed by atoms with Crippen molar-refractivity contribution in [1.82, 2.24) is 0 Å². The molecule has 0 aromatic heterocycles. The number of unbranched alkanes of at least 4 members (excludes halogenated alkanes) is 2. The van der Waals surface area contributed by atoms with Gasteiger partial charge in [-0.15, -0.1) is 12.3 Å². The van der Waals surface area contributed by atoms with Gasteiger partial charge in [0.15, 0.2) is 0 Å². The molecular weight excluding hydrogens is 128 g/mol. The fourth-order valence-corrected chi connectivity index (χ4v) is 0.573. The second-order valence-corrected chi connectivity index (χ2v) is 1.98. The summed E-state index contributed by atoms with van der Waals surface area (Å²) in [5, 5.41) is 0. The fourth-order valence-electron chi connectivity index (χ4n) is 0.573. The van der Waals surface area contributed by atoms with Crippen molar-refractivity contribution < 1.29 is 9.47 Å². The first-order valence-corrected chi connectivity index (χ1v) is 3.42. The molecule has 0 unspecified atom stereocenters. The third kappa shape index (κ3) is 7.48. The van der Waals surface area contributed by atoms with E-state index in [0.29, 0.717) is 6.79 Å². The van der Waals surface area contributed by atoms with E-state index in [-0.39, 0.29) is 0 Å². The van der Waals surface area contributed by atoms with Gasteiger partial charge in [-0.05, 0) is 12.8 Å². The zero-order chi connectivity index (χ0) is 7.66. The minimum absolute atomic E-state index is 0.385. The Labute approximate surface area is 62.5 Å². The van der Waals surface area contributed by atoms with Crippen molar-refractivity contribution >= 4 is 0 Å². The normalized spacial score (nSPS) is 9.20. The first kappa shape index (κ1) is 9.48. The van der Waals surface area contributed by atoms with Crippen LogP contribution in [0.4, 0.5) is 0 Å². The Morgan fingerprint density at radius 3 is 2.80 bits per heavy atom. The summed E-state index contributed by atoms with van der Waals surface area (Å²) in [6, 6.07) is 0. The van der Waals surface area contributed by atoms with E-state index in [1.807, 2.05) is 0 Å². The monoisotopic (exact) mass is 142 g/mol. The van der Waals surface area contributed by atoms with Crippen LogP contribution in [0.15, 0.2) is 0 Å². The summed E-state index contributed by atoms with van der Waals surface area (Å²) in [4.78, 5) is 0. The molecule has 2 nitrogen and oxygen atoms in total. The van der Waals surface area contributed by atoms with Crippen molar-refractivity contribution in [3.05, 3.63) is 0 Å². The molecule has 0 bridgehead atoms. The van der Waals surface area contributed by atoms with Crippen LogP contribution in [0.5, 0.6) is 0 Å². The van der Waals surface area contributed by atoms with Crippen LogP contribution in [0.1, 0.15) is 19.3 Å². The maximum Gasteiger partial charge on any atom is 0.146 e. The maximum absolute atomic E-state index is 5.05. The van der Waals surface area contributed by atoms with Crippen LogP contribution in [-0.4, -0.2) is 20.5 Å². The molecule has 0 amide bonds. The molecule has 58 valence electrons. The minimum atomic E-state index is 0.385. The Morgan fingerprint density at radius 1 is 1.40 bits per heavy atom. The molecule has 0 radical (unpaired) electrons. The summed E-state index contributed by atoms with van der Waals surface area (Å²) in [6.45, 7) is 1.13. The van der Waals surface area contributed by atoms with E-state index in [0.717, 1.165) is 25.9 Å². The van der Waals surface area contributed by atoms with Gasteiger partial charge in [-0.25, -0.2) is 0 Å². The van der Waals surface area contributed by atoms with E-state index in [2.05, 4.69) is 10.7 Å². The van der Waals surface area contributed by atoms with E-state index in [1.54, 1.807) is 7.11 Å². The molecule has 0 saturated heterocycles. The SMILES string of the molecule is C#CCCCCOCOC. The molecule has 0 fully saturated rings. The van der Waals surface area contributed by atoms with Crippen molar-refractivity contribution in [2.45, 2.75) is 19.3 Å². The highest BCUT2D eigenvalue weighted by atomic mass is 16.7. The highest BCUT2D eigenvalue weighted by Crippen LogP contribution is 1.93. The maximum atomic E-state index is 5.05. The summed E-state index contributed by atoms with van der Waals surface area (Å²) in [5.74, 6) is 2.57. The lowest BCUT2D eigenvalue weighted by Crippen LogP contribution is -1.97. The van der Waals surface area contributed by atoms with Gasteiger partial charge in [0.25, 0.3) is 0 Å². The number of hydrogen-bond donors (Lipinski definition) is 0. The second kappa shape index (κ2) is 8.48. The first-order valence-electron chi connectivity index (χ1n) is 3.42. The molecule has 0 aliphatic rings. The zero-order valence-electron chi connectivity index (χ0n) is 6.43. The topological polar surface area (TPSA) is 18.5 Å². The Hall–Kier alpha value is -0.520. The van der Waals surface area contributed by atoms with Gasteiger partial charge >= 0.3 is 0 Å². The highest BCUT2D eigenvalue weighted by Gasteiger charge is 1.85. The summed E-state index contributed by atoms with van der Waals surface area (Å²) in [6.07, 6.45) is 7.96. The minimum Gasteiger partial charge on any atom is -0.359 e. The van der Waals surface area contributed by atoms with Gasteiger partial charge in [0, 0.05) is 20.1 Å². The van der Waals surface area contributed by atoms with Crippen LogP contribution in [-0.2, 0) is 9.47 Å². The molecule has 0 spiro atoms. The van der Waals surface area contributed by atoms with Gasteiger partial charge in [0.05, 0.1) is 0 Å². The Kier molecular flexibility index (Phi) is 8.04. The number of hydrogen-bond acceptors (Lipinski definition) is 2. The predicted octanol–water partition coefficient (Wildman–Crippen LogP) is 1.41. The smallest absolute Gasteiger partial charge is 0.146 e. The van der Waals surface area contributed by atoms with Crippen molar-refractivity contribution in [3.8, 4) is 12.3 Å². The van der Waals surface area contributed by atoms with Crippen LogP contribution in [0.2, 0.25) is 0 Å². The van der Waals surface area contributed by atoms with E-state index >= 15 is 0 Å². The van der Waals surface area contributed by atoms with Crippen LogP contribution < -0.4 is 0 Å². The Morgan fingerprint density at radius 2 is 2.20 bits per heavy atom. The van der Waals surface area contributed by atoms with E-state index < -0.39 is 0 Å². The lowest BCUT2D eigenvalue weighted by atomic mass is 10.2. The Balaban J connectivity index is 2.72. The number of terminal acetylenes is 1. The van der Waals surface area contributed by atoms with Gasteiger partial charge in [0.1, 0.15) is 6.79 Å². The number of ether oxygens (including phenoxy) is 2. The summed E-state index contributed by atoms with van der Waals surface area (Å²) in [7, 11) is 1.61. The number of methoxy groups -OCH3 is 1. The highest BCUT2D eigenvalue weighted by molar-refractivity contribution is 4.82. The van der Waals surface area contributed by atoms with Crippen LogP contribution in [0.3, 0.4) is 0 Å². The summed E-state index contributed by atoms with van der Waals surface area (Å²) < 4.78 is 9.72. The molecule has 0 N–H and O–H groups in total. The molecule has 0 atom stereocenters. The molecule has 0 aromatic carbocycles. The van der Waals surface area contributed by atoms with Crippen molar-refractivity contribution in [2.75, 3.05) is 20.5 Å². The molecule has 0 heterocycles. The molecular formula is C8H14O2. The molecule has 0 rings (SSSR count). The van der Waals surface area contributed by atoms with Gasteiger partial charge in [0.2, 0.25) is 0 Å². The molecule has 0 aliphatic heterocycles. The van der Waals surface area contributed by atoms with Gasteiger partial charge in [-0.2, -0.15) is 0 Å². The largest absolute Gasteiger partial charge is 0.359 e. The average Bonchev–Trinajstić information content (AvgIpc) is 1.97. The lowest BCUT2D eigenvalue weighted by molar-refractivity contribution is -0.0313. The second-order valence-electron chi connectivity index (χ2n) is 1.98. The lowest BCUT2D eigenvalue weighted by Gasteiger charge is -1.99. The first-order chi connectivity index (χ1) is 4.91. The molecule has 0 aromatic rings. The molecule has 0 saturated carbocycles. The molecule has 2 heteroatoms. The summed E-state index contributed by atoms with van der Waals surface area (Å²) in [5.41, 5.74) is 0. The van der Waals surface area contributed by atoms with Gasteiger partial charge in [-0.1, -0.05) is 0 Å². The van der Waals surface area contributed by atoms with Gasteiger partial charge < -0.3 is 9.47 Å². The van der Waals surface area contributed by atoms with Crippen molar-refractivity contribution in [1.29, 1.82) is 0 Å². The predicted molar refractivity (Wildman–Crippen MR) is 40.5 cm³/mol. The van der Waals surface area contributed by atoms with Crippen molar-refractivity contribution in [3.63, 3.8) is 0 Å². The van der Waals surface area contributed by atoms with Crippen LogP contribution in [0, 0.1) is 12.3 Å². The quantitative estimate of drug-likeness (QED) is 0.317. The van der Waals surface area contributed by atoms with Gasteiger partial charge in [-0.3, -0.25) is 0 Å². The third-order valence-corrected chi connectivity index (χ3v) is 1.06. The average molecular weight is 142 g/mol. The molecule has 10 heavy (non-hydrogen) atoms. The Bertz CT molecular complexity index is 93.9.